The first-order valence-electron chi connectivity index (χ1n) is 10.5. The molecule has 5 rings (SSSR count). The molecule has 9 heteroatoms. The van der Waals surface area contributed by atoms with Crippen LogP contribution in [-0.2, 0) is 0 Å². The summed E-state index contributed by atoms with van der Waals surface area (Å²) in [6, 6.07) is 13.1. The van der Waals surface area contributed by atoms with E-state index in [0.29, 0.717) is 27.4 Å². The number of allylic oxidation sites excluding steroid dienone is 1. The first-order valence-corrected chi connectivity index (χ1v) is 10.8. The van der Waals surface area contributed by atoms with Crippen LogP contribution in [0.3, 0.4) is 0 Å². The number of rotatable bonds is 3. The molecule has 174 valence electrons. The molecule has 2 aromatic heterocycles. The number of methoxy groups -OCH3 is 1. The number of nitriles is 1. The summed E-state index contributed by atoms with van der Waals surface area (Å²) in [5.41, 5.74) is 7.45. The van der Waals surface area contributed by atoms with Crippen LogP contribution in [0.5, 0.6) is 11.5 Å². The summed E-state index contributed by atoms with van der Waals surface area (Å²) in [6.45, 7) is 1.80. The Morgan fingerprint density at radius 3 is 2.69 bits per heavy atom. The van der Waals surface area contributed by atoms with Crippen LogP contribution in [0.2, 0.25) is 5.15 Å². The highest BCUT2D eigenvalue weighted by Crippen LogP contribution is 2.45. The summed E-state index contributed by atoms with van der Waals surface area (Å²) < 4.78 is 32.0. The zero-order valence-electron chi connectivity index (χ0n) is 18.6. The summed E-state index contributed by atoms with van der Waals surface area (Å²) >= 11 is 6.00. The van der Waals surface area contributed by atoms with Gasteiger partial charge in [0.25, 0.3) is 0 Å². The predicted molar refractivity (Wildman–Crippen MR) is 128 cm³/mol. The highest BCUT2D eigenvalue weighted by molar-refractivity contribution is 6.30. The minimum atomic E-state index is -1.12. The molecule has 1 aliphatic heterocycles. The zero-order valence-corrected chi connectivity index (χ0v) is 19.3. The Labute approximate surface area is 203 Å². The van der Waals surface area contributed by atoms with Crippen molar-refractivity contribution in [2.75, 3.05) is 7.11 Å². The van der Waals surface area contributed by atoms with Crippen LogP contribution in [0.1, 0.15) is 22.6 Å². The summed E-state index contributed by atoms with van der Waals surface area (Å²) in [6.07, 6.45) is 1.54. The molecule has 2 N–H and O–H groups in total. The van der Waals surface area contributed by atoms with Crippen molar-refractivity contribution in [1.29, 1.82) is 5.26 Å². The molecule has 4 aromatic rings. The van der Waals surface area contributed by atoms with Crippen LogP contribution in [0.15, 0.2) is 69.3 Å². The van der Waals surface area contributed by atoms with Crippen molar-refractivity contribution in [3.8, 4) is 28.7 Å². The van der Waals surface area contributed by atoms with Crippen LogP contribution >= 0.6 is 11.6 Å². The molecule has 0 amide bonds. The number of fused-ring (bicyclic) bond motifs is 3. The summed E-state index contributed by atoms with van der Waals surface area (Å²) in [7, 11) is 1.48. The Morgan fingerprint density at radius 1 is 1.20 bits per heavy atom. The fourth-order valence-corrected chi connectivity index (χ4v) is 4.30. The first kappa shape index (κ1) is 22.4. The number of halogens is 2. The van der Waals surface area contributed by atoms with Gasteiger partial charge in [-0.15, -0.1) is 0 Å². The molecule has 0 spiro atoms. The largest absolute Gasteiger partial charge is 0.497 e. The van der Waals surface area contributed by atoms with E-state index in [2.05, 4.69) is 4.98 Å². The van der Waals surface area contributed by atoms with Gasteiger partial charge in [0.1, 0.15) is 33.9 Å². The van der Waals surface area contributed by atoms with E-state index in [1.807, 2.05) is 6.07 Å². The molecule has 0 fully saturated rings. The average Bonchev–Trinajstić information content (AvgIpc) is 2.84. The maximum Gasteiger partial charge on any atom is 0.344 e. The third-order valence-electron chi connectivity index (χ3n) is 5.94. The monoisotopic (exact) mass is 489 g/mol. The molecular weight excluding hydrogens is 473 g/mol. The molecule has 1 unspecified atom stereocenters. The van der Waals surface area contributed by atoms with Crippen molar-refractivity contribution in [2.45, 2.75) is 12.8 Å². The van der Waals surface area contributed by atoms with Crippen LogP contribution in [0, 0.1) is 24.1 Å². The highest BCUT2D eigenvalue weighted by atomic mass is 35.5. The van der Waals surface area contributed by atoms with Crippen molar-refractivity contribution in [3.05, 3.63) is 98.2 Å². The van der Waals surface area contributed by atoms with Gasteiger partial charge in [0.2, 0.25) is 5.88 Å². The number of aromatic nitrogens is 1. The molecule has 2 aromatic carbocycles. The van der Waals surface area contributed by atoms with Gasteiger partial charge in [-0.2, -0.15) is 5.26 Å². The van der Waals surface area contributed by atoms with E-state index in [1.54, 1.807) is 37.4 Å². The average molecular weight is 490 g/mol. The number of aryl methyl sites for hydroxylation is 1. The van der Waals surface area contributed by atoms with E-state index >= 15 is 4.39 Å². The number of hydrogen-bond donors (Lipinski definition) is 1. The molecule has 0 aliphatic carbocycles. The number of benzene rings is 2. The summed E-state index contributed by atoms with van der Waals surface area (Å²) in [4.78, 5) is 17.2. The predicted octanol–water partition coefficient (Wildman–Crippen LogP) is 5.18. The van der Waals surface area contributed by atoms with Crippen molar-refractivity contribution in [1.82, 2.24) is 4.98 Å². The minimum absolute atomic E-state index is 0.0101. The van der Waals surface area contributed by atoms with Gasteiger partial charge in [-0.3, -0.25) is 0 Å². The standard InChI is InChI=1S/C26H17ClFN3O4/c1-12-7-14(11-31-24(12)27)13-3-5-16(19(28)8-13)21-18(10-29)25(30)35-23-17-6-4-15(33-2)9-20(17)34-26(32)22(21)23/h3-9,11,21H,30H2,1-2H3. The maximum absolute atomic E-state index is 15.6. The van der Waals surface area contributed by atoms with E-state index in [1.165, 1.54) is 25.3 Å². The maximum atomic E-state index is 15.6. The smallest absolute Gasteiger partial charge is 0.344 e. The van der Waals surface area contributed by atoms with Crippen LogP contribution in [0.4, 0.5) is 4.39 Å². The molecule has 0 bridgehead atoms. The fourth-order valence-electron chi connectivity index (χ4n) is 4.19. The van der Waals surface area contributed by atoms with Gasteiger partial charge in [-0.25, -0.2) is 14.2 Å². The van der Waals surface area contributed by atoms with Crippen LogP contribution in [-0.4, -0.2) is 12.1 Å². The SMILES string of the molecule is COc1ccc2c3c(c(=O)oc2c1)C(c1ccc(-c2cnc(Cl)c(C)c2)cc1F)C(C#N)=C(N)O3. The lowest BCUT2D eigenvalue weighted by Gasteiger charge is -2.26. The number of hydrogen-bond acceptors (Lipinski definition) is 7. The van der Waals surface area contributed by atoms with Crippen LogP contribution < -0.4 is 20.8 Å². The second-order valence-electron chi connectivity index (χ2n) is 7.99. The van der Waals surface area contributed by atoms with Crippen molar-refractivity contribution < 1.29 is 18.3 Å². The summed E-state index contributed by atoms with van der Waals surface area (Å²) in [5, 5.41) is 10.6. The van der Waals surface area contributed by atoms with E-state index in [9.17, 15) is 10.1 Å². The van der Waals surface area contributed by atoms with Gasteiger partial charge in [0.15, 0.2) is 5.75 Å². The molecule has 1 aliphatic rings. The number of nitrogens with zero attached hydrogens (tertiary/aromatic N) is 2. The van der Waals surface area contributed by atoms with Gasteiger partial charge < -0.3 is 19.6 Å². The van der Waals surface area contributed by atoms with Gasteiger partial charge in [-0.05, 0) is 42.3 Å². The van der Waals surface area contributed by atoms with E-state index < -0.39 is 17.4 Å². The molecule has 7 nitrogen and oxygen atoms in total. The Balaban J connectivity index is 1.71. The molecule has 3 heterocycles. The lowest BCUT2D eigenvalue weighted by atomic mass is 9.83. The Bertz CT molecular complexity index is 1660. The van der Waals surface area contributed by atoms with Gasteiger partial charge in [0.05, 0.1) is 24.0 Å². The summed E-state index contributed by atoms with van der Waals surface area (Å²) in [5.74, 6) is -1.38. The molecular formula is C26H17ClFN3O4. The van der Waals surface area contributed by atoms with Crippen molar-refractivity contribution >= 4 is 22.6 Å². The number of pyridine rings is 1. The quantitative estimate of drug-likeness (QED) is 0.311. The lowest BCUT2D eigenvalue weighted by molar-refractivity contribution is 0.386. The Morgan fingerprint density at radius 2 is 2.00 bits per heavy atom. The normalized spacial score (nSPS) is 14.9. The number of nitrogens with two attached hydrogens (primary N) is 1. The van der Waals surface area contributed by atoms with E-state index in [-0.39, 0.29) is 33.9 Å². The second-order valence-corrected chi connectivity index (χ2v) is 8.35. The fraction of sp³-hybridized carbons (Fsp3) is 0.115. The van der Waals surface area contributed by atoms with Crippen LogP contribution in [0.25, 0.3) is 22.1 Å². The van der Waals surface area contributed by atoms with E-state index in [4.69, 9.17) is 31.2 Å². The van der Waals surface area contributed by atoms with Gasteiger partial charge >= 0.3 is 5.63 Å². The Hall–Kier alpha value is -4.35. The third kappa shape index (κ3) is 3.66. The highest BCUT2D eigenvalue weighted by Gasteiger charge is 2.37. The number of ether oxygens (including phenoxy) is 2. The third-order valence-corrected chi connectivity index (χ3v) is 6.33. The molecule has 0 saturated carbocycles. The van der Waals surface area contributed by atoms with E-state index in [0.717, 1.165) is 5.56 Å². The van der Waals surface area contributed by atoms with Gasteiger partial charge in [0, 0.05) is 23.4 Å². The Kier molecular flexibility index (Phi) is 5.42. The zero-order chi connectivity index (χ0) is 24.9. The van der Waals surface area contributed by atoms with Crippen molar-refractivity contribution in [3.63, 3.8) is 0 Å². The molecule has 35 heavy (non-hydrogen) atoms. The molecule has 0 radical (unpaired) electrons. The minimum Gasteiger partial charge on any atom is -0.497 e. The molecule has 1 atom stereocenters. The first-order chi connectivity index (χ1) is 16.8. The topological polar surface area (TPSA) is 111 Å². The molecule has 0 saturated heterocycles. The second kappa shape index (κ2) is 8.46. The van der Waals surface area contributed by atoms with Gasteiger partial charge in [-0.1, -0.05) is 23.7 Å². The lowest BCUT2D eigenvalue weighted by Crippen LogP contribution is -2.26. The van der Waals surface area contributed by atoms with Crippen molar-refractivity contribution in [2.24, 2.45) is 5.73 Å².